The quantitative estimate of drug-likeness (QED) is 0.243. The van der Waals surface area contributed by atoms with Crippen molar-refractivity contribution in [3.8, 4) is 5.75 Å². The van der Waals surface area contributed by atoms with E-state index in [-0.39, 0.29) is 5.91 Å². The number of thioether (sulfide) groups is 1. The number of esters is 1. The molecule has 0 aliphatic carbocycles. The minimum Gasteiger partial charge on any atom is -0.489 e. The average molecular weight is 476 g/mol. The second-order valence-electron chi connectivity index (χ2n) is 7.13. The van der Waals surface area contributed by atoms with Crippen LogP contribution < -0.4 is 9.64 Å². The number of hydrogen-bond donors (Lipinski definition) is 0. The van der Waals surface area contributed by atoms with E-state index in [1.165, 1.54) is 16.7 Å². The summed E-state index contributed by atoms with van der Waals surface area (Å²) in [6, 6.07) is 24.2. The van der Waals surface area contributed by atoms with Crippen LogP contribution in [0, 0.1) is 0 Å². The Balaban J connectivity index is 1.43. The van der Waals surface area contributed by atoms with Gasteiger partial charge < -0.3 is 9.47 Å². The van der Waals surface area contributed by atoms with Gasteiger partial charge in [0.1, 0.15) is 12.4 Å². The summed E-state index contributed by atoms with van der Waals surface area (Å²) in [5.74, 6) is 0.161. The Hall–Kier alpha value is -3.42. The molecular weight excluding hydrogens is 454 g/mol. The summed E-state index contributed by atoms with van der Waals surface area (Å²) >= 11 is 6.68. The van der Waals surface area contributed by atoms with Crippen LogP contribution in [0.3, 0.4) is 0 Å². The minimum absolute atomic E-state index is 0.196. The van der Waals surface area contributed by atoms with E-state index in [0.29, 0.717) is 33.7 Å². The van der Waals surface area contributed by atoms with Crippen molar-refractivity contribution in [1.82, 2.24) is 0 Å². The number of hydrogen-bond acceptors (Lipinski definition) is 6. The predicted octanol–water partition coefficient (Wildman–Crippen LogP) is 5.85. The third-order valence-electron chi connectivity index (χ3n) is 4.86. The van der Waals surface area contributed by atoms with Gasteiger partial charge in [-0.2, -0.15) is 0 Å². The fourth-order valence-corrected chi connectivity index (χ4v) is 4.50. The highest BCUT2D eigenvalue weighted by Crippen LogP contribution is 2.36. The van der Waals surface area contributed by atoms with Crippen molar-refractivity contribution < 1.29 is 19.1 Å². The monoisotopic (exact) mass is 475 g/mol. The van der Waals surface area contributed by atoms with E-state index < -0.39 is 5.97 Å². The molecule has 0 N–H and O–H groups in total. The average Bonchev–Trinajstić information content (AvgIpc) is 3.12. The summed E-state index contributed by atoms with van der Waals surface area (Å²) in [7, 11) is 0. The van der Waals surface area contributed by atoms with E-state index in [1.54, 1.807) is 31.2 Å². The molecule has 3 aromatic carbocycles. The second-order valence-corrected chi connectivity index (χ2v) is 8.80. The maximum Gasteiger partial charge on any atom is 0.338 e. The van der Waals surface area contributed by atoms with Crippen molar-refractivity contribution >= 4 is 51.9 Å². The van der Waals surface area contributed by atoms with Gasteiger partial charge in [-0.15, -0.1) is 0 Å². The molecule has 0 atom stereocenters. The first-order valence-corrected chi connectivity index (χ1v) is 11.6. The molecule has 0 saturated carbocycles. The van der Waals surface area contributed by atoms with Gasteiger partial charge in [0.25, 0.3) is 5.91 Å². The molecule has 33 heavy (non-hydrogen) atoms. The molecule has 5 nitrogen and oxygen atoms in total. The topological polar surface area (TPSA) is 55.8 Å². The van der Waals surface area contributed by atoms with Gasteiger partial charge >= 0.3 is 5.97 Å². The lowest BCUT2D eigenvalue weighted by Gasteiger charge is -2.14. The van der Waals surface area contributed by atoms with Gasteiger partial charge in [0, 0.05) is 0 Å². The molecule has 1 saturated heterocycles. The number of amides is 1. The first-order chi connectivity index (χ1) is 16.0. The van der Waals surface area contributed by atoms with Crippen LogP contribution in [0.5, 0.6) is 5.75 Å². The third-order valence-corrected chi connectivity index (χ3v) is 6.16. The summed E-state index contributed by atoms with van der Waals surface area (Å²) in [5, 5.41) is 0. The Bertz CT molecular complexity index is 1190. The molecule has 0 spiro atoms. The van der Waals surface area contributed by atoms with Crippen LogP contribution in [-0.2, 0) is 16.1 Å². The van der Waals surface area contributed by atoms with Crippen molar-refractivity contribution in [3.05, 3.63) is 100 Å². The van der Waals surface area contributed by atoms with E-state index in [1.807, 2.05) is 60.7 Å². The van der Waals surface area contributed by atoms with E-state index in [0.717, 1.165) is 16.9 Å². The van der Waals surface area contributed by atoms with Crippen molar-refractivity contribution in [1.29, 1.82) is 0 Å². The Labute approximate surface area is 202 Å². The molecule has 0 radical (unpaired) electrons. The highest BCUT2D eigenvalue weighted by Gasteiger charge is 2.33. The van der Waals surface area contributed by atoms with Crippen LogP contribution in [0.2, 0.25) is 0 Å². The molecule has 0 unspecified atom stereocenters. The molecule has 1 aliphatic rings. The Morgan fingerprint density at radius 1 is 1.00 bits per heavy atom. The van der Waals surface area contributed by atoms with Crippen LogP contribution in [0.1, 0.15) is 28.4 Å². The Morgan fingerprint density at radius 2 is 1.70 bits per heavy atom. The van der Waals surface area contributed by atoms with Crippen molar-refractivity contribution in [2.24, 2.45) is 0 Å². The van der Waals surface area contributed by atoms with Crippen LogP contribution in [-0.4, -0.2) is 22.8 Å². The van der Waals surface area contributed by atoms with E-state index in [2.05, 4.69) is 0 Å². The van der Waals surface area contributed by atoms with Gasteiger partial charge in [-0.05, 0) is 60.5 Å². The number of benzene rings is 3. The molecule has 166 valence electrons. The van der Waals surface area contributed by atoms with Gasteiger partial charge in [-0.1, -0.05) is 66.4 Å². The predicted molar refractivity (Wildman–Crippen MR) is 135 cm³/mol. The number of thiocarbonyl (C=S) groups is 1. The summed E-state index contributed by atoms with van der Waals surface area (Å²) in [6.07, 6.45) is 1.81. The molecule has 1 aliphatic heterocycles. The zero-order chi connectivity index (χ0) is 23.2. The standard InChI is InChI=1S/C26H21NO4S2/c1-2-30-25(29)20-10-12-21(13-11-20)27-24(28)23(33-26(27)32)16-18-8-14-22(15-9-18)31-17-19-6-4-3-5-7-19/h3-16H,2,17H2,1H3/b23-16-. The van der Waals surface area contributed by atoms with Gasteiger partial charge in [0.05, 0.1) is 22.8 Å². The van der Waals surface area contributed by atoms with Crippen molar-refractivity contribution in [3.63, 3.8) is 0 Å². The molecule has 7 heteroatoms. The Morgan fingerprint density at radius 3 is 2.36 bits per heavy atom. The van der Waals surface area contributed by atoms with Gasteiger partial charge in [0.15, 0.2) is 4.32 Å². The number of carbonyl (C=O) groups is 2. The van der Waals surface area contributed by atoms with E-state index in [4.69, 9.17) is 21.7 Å². The van der Waals surface area contributed by atoms with Gasteiger partial charge in [-0.25, -0.2) is 4.79 Å². The molecule has 1 fully saturated rings. The van der Waals surface area contributed by atoms with Crippen LogP contribution in [0.25, 0.3) is 6.08 Å². The maximum absolute atomic E-state index is 13.0. The first kappa shape index (κ1) is 22.8. The van der Waals surface area contributed by atoms with E-state index >= 15 is 0 Å². The zero-order valence-electron chi connectivity index (χ0n) is 17.9. The number of rotatable bonds is 7. The number of nitrogens with zero attached hydrogens (tertiary/aromatic N) is 1. The largest absolute Gasteiger partial charge is 0.489 e. The maximum atomic E-state index is 13.0. The number of ether oxygens (including phenoxy) is 2. The van der Waals surface area contributed by atoms with Crippen molar-refractivity contribution in [2.75, 3.05) is 11.5 Å². The summed E-state index contributed by atoms with van der Waals surface area (Å²) in [4.78, 5) is 26.9. The fraction of sp³-hybridized carbons (Fsp3) is 0.115. The van der Waals surface area contributed by atoms with Crippen LogP contribution >= 0.6 is 24.0 Å². The lowest BCUT2D eigenvalue weighted by Crippen LogP contribution is -2.27. The lowest BCUT2D eigenvalue weighted by atomic mass is 10.2. The number of carbonyl (C=O) groups excluding carboxylic acids is 2. The molecule has 3 aromatic rings. The highest BCUT2D eigenvalue weighted by molar-refractivity contribution is 8.27. The summed E-state index contributed by atoms with van der Waals surface area (Å²) in [5.41, 5.74) is 3.01. The zero-order valence-corrected chi connectivity index (χ0v) is 19.5. The SMILES string of the molecule is CCOC(=O)c1ccc(N2C(=O)/C(=C/c3ccc(OCc4ccccc4)cc3)SC2=S)cc1. The van der Waals surface area contributed by atoms with Crippen molar-refractivity contribution in [2.45, 2.75) is 13.5 Å². The Kier molecular flexibility index (Phi) is 7.22. The number of anilines is 1. The van der Waals surface area contributed by atoms with Crippen LogP contribution in [0.4, 0.5) is 5.69 Å². The first-order valence-electron chi connectivity index (χ1n) is 10.4. The third kappa shape index (κ3) is 5.50. The van der Waals surface area contributed by atoms with Gasteiger partial charge in [-0.3, -0.25) is 9.69 Å². The normalized spacial score (nSPS) is 14.6. The minimum atomic E-state index is -0.398. The van der Waals surface area contributed by atoms with Gasteiger partial charge in [0.2, 0.25) is 0 Å². The summed E-state index contributed by atoms with van der Waals surface area (Å²) < 4.78 is 11.3. The molecule has 0 bridgehead atoms. The second kappa shape index (κ2) is 10.5. The van der Waals surface area contributed by atoms with Crippen LogP contribution in [0.15, 0.2) is 83.8 Å². The molecule has 0 aromatic heterocycles. The smallest absolute Gasteiger partial charge is 0.338 e. The summed E-state index contributed by atoms with van der Waals surface area (Å²) in [6.45, 7) is 2.55. The molecule has 4 rings (SSSR count). The molecular formula is C26H21NO4S2. The van der Waals surface area contributed by atoms with E-state index in [9.17, 15) is 9.59 Å². The fourth-order valence-electron chi connectivity index (χ4n) is 3.20. The highest BCUT2D eigenvalue weighted by atomic mass is 32.2. The molecule has 1 amide bonds. The lowest BCUT2D eigenvalue weighted by molar-refractivity contribution is -0.113. The molecule has 1 heterocycles.